The number of hydrogen-bond donors (Lipinski definition) is 3. The summed E-state index contributed by atoms with van der Waals surface area (Å²) in [4.78, 5) is 23.8. The maximum atomic E-state index is 11.7. The van der Waals surface area contributed by atoms with Gasteiger partial charge in [-0.3, -0.25) is 0 Å². The molecule has 7 nitrogen and oxygen atoms in total. The van der Waals surface area contributed by atoms with Crippen molar-refractivity contribution in [1.82, 2.24) is 10.2 Å². The summed E-state index contributed by atoms with van der Waals surface area (Å²) < 4.78 is 4.74. The Morgan fingerprint density at radius 1 is 1.44 bits per heavy atom. The number of carbonyl (C=O) groups is 2. The molecular formula is C11H22N2O5. The third-order valence-electron chi connectivity index (χ3n) is 2.36. The predicted molar refractivity (Wildman–Crippen MR) is 65.4 cm³/mol. The number of aliphatic hydroxyl groups excluding tert-OH is 1. The normalized spacial score (nSPS) is 13.8. The standard InChI is InChI=1S/C11H22N2O5/c1-4-5-9(10(15)16)12-11(17)13(2)6-8(14)7-18-3/h8-9,14H,4-7H2,1-3H3,(H,12,17)(H,15,16)/t8?,9-/m0/s1. The van der Waals surface area contributed by atoms with Gasteiger partial charge < -0.3 is 25.2 Å². The number of carboxylic acids is 1. The molecule has 106 valence electrons. The minimum Gasteiger partial charge on any atom is -0.480 e. The first-order valence-corrected chi connectivity index (χ1v) is 5.83. The van der Waals surface area contributed by atoms with Gasteiger partial charge in [-0.25, -0.2) is 9.59 Å². The van der Waals surface area contributed by atoms with Crippen LogP contribution in [-0.2, 0) is 9.53 Å². The van der Waals surface area contributed by atoms with Crippen LogP contribution in [-0.4, -0.2) is 66.6 Å². The summed E-state index contributed by atoms with van der Waals surface area (Å²) in [6.07, 6.45) is 0.239. The zero-order chi connectivity index (χ0) is 14.1. The zero-order valence-electron chi connectivity index (χ0n) is 11.0. The van der Waals surface area contributed by atoms with Crippen molar-refractivity contribution in [1.29, 1.82) is 0 Å². The molecule has 0 aromatic rings. The molecule has 0 aromatic carbocycles. The lowest BCUT2D eigenvalue weighted by Crippen LogP contribution is -2.48. The van der Waals surface area contributed by atoms with Crippen molar-refractivity contribution in [3.05, 3.63) is 0 Å². The third kappa shape index (κ3) is 6.41. The van der Waals surface area contributed by atoms with E-state index >= 15 is 0 Å². The van der Waals surface area contributed by atoms with Crippen molar-refractivity contribution in [3.8, 4) is 0 Å². The van der Waals surface area contributed by atoms with Gasteiger partial charge in [0.25, 0.3) is 0 Å². The second-order valence-corrected chi connectivity index (χ2v) is 4.12. The predicted octanol–water partition coefficient (Wildman–Crippen LogP) is -0.112. The number of carboxylic acid groups (broad SMARTS) is 1. The van der Waals surface area contributed by atoms with Crippen molar-refractivity contribution in [3.63, 3.8) is 0 Å². The second-order valence-electron chi connectivity index (χ2n) is 4.12. The van der Waals surface area contributed by atoms with E-state index in [9.17, 15) is 14.7 Å². The number of nitrogens with zero attached hydrogens (tertiary/aromatic N) is 1. The molecule has 0 aromatic heterocycles. The second kappa shape index (κ2) is 8.71. The van der Waals surface area contributed by atoms with Crippen LogP contribution in [0, 0.1) is 0 Å². The number of nitrogens with one attached hydrogen (secondary N) is 1. The lowest BCUT2D eigenvalue weighted by molar-refractivity contribution is -0.139. The van der Waals surface area contributed by atoms with Crippen LogP contribution in [0.25, 0.3) is 0 Å². The fraction of sp³-hybridized carbons (Fsp3) is 0.818. The number of aliphatic hydroxyl groups is 1. The number of rotatable bonds is 8. The lowest BCUT2D eigenvalue weighted by atomic mass is 10.2. The largest absolute Gasteiger partial charge is 0.480 e. The van der Waals surface area contributed by atoms with E-state index in [1.54, 1.807) is 0 Å². The summed E-state index contributed by atoms with van der Waals surface area (Å²) >= 11 is 0. The lowest BCUT2D eigenvalue weighted by Gasteiger charge is -2.23. The minimum atomic E-state index is -1.06. The van der Waals surface area contributed by atoms with Crippen LogP contribution in [0.5, 0.6) is 0 Å². The number of carbonyl (C=O) groups excluding carboxylic acids is 1. The average Bonchev–Trinajstić information content (AvgIpc) is 2.28. The molecule has 0 saturated carbocycles. The van der Waals surface area contributed by atoms with Gasteiger partial charge in [-0.15, -0.1) is 0 Å². The molecule has 0 rings (SSSR count). The quantitative estimate of drug-likeness (QED) is 0.567. The SMILES string of the molecule is CCC[C@H](NC(=O)N(C)CC(O)COC)C(=O)O. The molecule has 18 heavy (non-hydrogen) atoms. The van der Waals surface area contributed by atoms with Gasteiger partial charge in [0.05, 0.1) is 19.3 Å². The smallest absolute Gasteiger partial charge is 0.326 e. The molecule has 0 fully saturated rings. The highest BCUT2D eigenvalue weighted by molar-refractivity contribution is 5.82. The Labute approximate surface area is 107 Å². The van der Waals surface area contributed by atoms with Crippen molar-refractivity contribution in [2.75, 3.05) is 27.3 Å². The Morgan fingerprint density at radius 2 is 2.06 bits per heavy atom. The molecule has 2 atom stereocenters. The molecule has 0 spiro atoms. The molecule has 2 amide bonds. The van der Waals surface area contributed by atoms with Gasteiger partial charge in [0.1, 0.15) is 6.04 Å². The van der Waals surface area contributed by atoms with E-state index in [2.05, 4.69) is 5.32 Å². The van der Waals surface area contributed by atoms with Crippen molar-refractivity contribution in [2.45, 2.75) is 31.9 Å². The van der Waals surface area contributed by atoms with Crippen LogP contribution in [0.3, 0.4) is 0 Å². The van der Waals surface area contributed by atoms with E-state index in [1.807, 2.05) is 6.92 Å². The highest BCUT2D eigenvalue weighted by atomic mass is 16.5. The van der Waals surface area contributed by atoms with Gasteiger partial charge in [0.15, 0.2) is 0 Å². The number of methoxy groups -OCH3 is 1. The highest BCUT2D eigenvalue weighted by Gasteiger charge is 2.21. The summed E-state index contributed by atoms with van der Waals surface area (Å²) in [6.45, 7) is 2.04. The van der Waals surface area contributed by atoms with Crippen molar-refractivity contribution < 1.29 is 24.5 Å². The van der Waals surface area contributed by atoms with Gasteiger partial charge in [0, 0.05) is 14.2 Å². The molecule has 7 heteroatoms. The van der Waals surface area contributed by atoms with E-state index < -0.39 is 24.1 Å². The Kier molecular flexibility index (Phi) is 8.06. The average molecular weight is 262 g/mol. The molecule has 0 bridgehead atoms. The molecule has 3 N–H and O–H groups in total. The van der Waals surface area contributed by atoms with Crippen LogP contribution >= 0.6 is 0 Å². The fourth-order valence-corrected chi connectivity index (χ4v) is 1.45. The Bertz CT molecular complexity index is 272. The first-order chi connectivity index (χ1) is 8.42. The maximum absolute atomic E-state index is 11.7. The third-order valence-corrected chi connectivity index (χ3v) is 2.36. The number of urea groups is 1. The summed E-state index contributed by atoms with van der Waals surface area (Å²) in [7, 11) is 2.93. The molecular weight excluding hydrogens is 240 g/mol. The van der Waals surface area contributed by atoms with Gasteiger partial charge in [-0.2, -0.15) is 0 Å². The number of hydrogen-bond acceptors (Lipinski definition) is 4. The van der Waals surface area contributed by atoms with Crippen LogP contribution in [0.4, 0.5) is 4.79 Å². The van der Waals surface area contributed by atoms with E-state index in [4.69, 9.17) is 9.84 Å². The molecule has 1 unspecified atom stereocenters. The van der Waals surface area contributed by atoms with Crippen molar-refractivity contribution >= 4 is 12.0 Å². The number of ether oxygens (including phenoxy) is 1. The number of amides is 2. The zero-order valence-corrected chi connectivity index (χ0v) is 11.0. The molecule has 0 saturated heterocycles. The van der Waals surface area contributed by atoms with Crippen LogP contribution in [0.2, 0.25) is 0 Å². The van der Waals surface area contributed by atoms with Gasteiger partial charge >= 0.3 is 12.0 Å². The molecule has 0 aliphatic carbocycles. The molecule has 0 aliphatic rings. The van der Waals surface area contributed by atoms with Crippen LogP contribution < -0.4 is 5.32 Å². The fourth-order valence-electron chi connectivity index (χ4n) is 1.45. The number of aliphatic carboxylic acids is 1. The van der Waals surface area contributed by atoms with E-state index in [-0.39, 0.29) is 13.2 Å². The van der Waals surface area contributed by atoms with Crippen LogP contribution in [0.15, 0.2) is 0 Å². The highest BCUT2D eigenvalue weighted by Crippen LogP contribution is 1.99. The van der Waals surface area contributed by atoms with Crippen molar-refractivity contribution in [2.24, 2.45) is 0 Å². The van der Waals surface area contributed by atoms with E-state index in [1.165, 1.54) is 19.1 Å². The first-order valence-electron chi connectivity index (χ1n) is 5.83. The summed E-state index contributed by atoms with van der Waals surface area (Å²) in [6, 6.07) is -1.42. The van der Waals surface area contributed by atoms with Gasteiger partial charge in [0.2, 0.25) is 0 Å². The summed E-state index contributed by atoms with van der Waals surface area (Å²) in [5.41, 5.74) is 0. The first kappa shape index (κ1) is 16.7. The van der Waals surface area contributed by atoms with E-state index in [0.29, 0.717) is 12.8 Å². The number of likely N-dealkylation sites (N-methyl/N-ethyl adjacent to an activating group) is 1. The summed E-state index contributed by atoms with van der Waals surface area (Å²) in [5, 5.41) is 20.8. The maximum Gasteiger partial charge on any atom is 0.326 e. The molecule has 0 aliphatic heterocycles. The monoisotopic (exact) mass is 262 g/mol. The van der Waals surface area contributed by atoms with Crippen LogP contribution in [0.1, 0.15) is 19.8 Å². The summed E-state index contributed by atoms with van der Waals surface area (Å²) in [5.74, 6) is -1.06. The molecule has 0 radical (unpaired) electrons. The van der Waals surface area contributed by atoms with Gasteiger partial charge in [-0.05, 0) is 6.42 Å². The Morgan fingerprint density at radius 3 is 2.50 bits per heavy atom. The van der Waals surface area contributed by atoms with Gasteiger partial charge in [-0.1, -0.05) is 13.3 Å². The topological polar surface area (TPSA) is 99.1 Å². The van der Waals surface area contributed by atoms with E-state index in [0.717, 1.165) is 0 Å². The minimum absolute atomic E-state index is 0.0815. The Balaban J connectivity index is 4.23. The molecule has 0 heterocycles. The Hall–Kier alpha value is -1.34.